The average Bonchev–Trinajstić information content (AvgIpc) is 2.99. The highest BCUT2D eigenvalue weighted by Gasteiger charge is 2.19. The number of aryl methyl sites for hydroxylation is 1. The number of esters is 1. The Morgan fingerprint density at radius 1 is 1.48 bits per heavy atom. The van der Waals surface area contributed by atoms with E-state index in [-0.39, 0.29) is 11.1 Å². The van der Waals surface area contributed by atoms with Crippen molar-refractivity contribution in [3.05, 3.63) is 17.6 Å². The number of thioether (sulfide) groups is 1. The maximum absolute atomic E-state index is 11.3. The number of nitrogens with zero attached hydrogens (tertiary/aromatic N) is 3. The molecule has 2 rings (SSSR count). The van der Waals surface area contributed by atoms with Crippen molar-refractivity contribution in [2.45, 2.75) is 57.7 Å². The number of carbonyl (C=O) groups excluding carboxylic acids is 2. The van der Waals surface area contributed by atoms with Gasteiger partial charge in [-0.2, -0.15) is 0 Å². The predicted molar refractivity (Wildman–Crippen MR) is 97.8 cm³/mol. The monoisotopic (exact) mass is 366 g/mol. The first-order valence-corrected chi connectivity index (χ1v) is 9.62. The third-order valence-electron chi connectivity index (χ3n) is 3.80. The van der Waals surface area contributed by atoms with Gasteiger partial charge in [-0.3, -0.25) is 14.3 Å². The fourth-order valence-corrected chi connectivity index (χ4v) is 3.67. The molecule has 1 aliphatic heterocycles. The van der Waals surface area contributed by atoms with E-state index in [2.05, 4.69) is 15.6 Å². The molecule has 0 amide bonds. The van der Waals surface area contributed by atoms with Crippen LogP contribution in [-0.2, 0) is 20.9 Å². The highest BCUT2D eigenvalue weighted by molar-refractivity contribution is 8.14. The summed E-state index contributed by atoms with van der Waals surface area (Å²) >= 11 is 1.42. The normalized spacial score (nSPS) is 18.8. The van der Waals surface area contributed by atoms with Crippen LogP contribution in [0.15, 0.2) is 11.9 Å². The van der Waals surface area contributed by atoms with Crippen LogP contribution in [0.1, 0.15) is 51.6 Å². The summed E-state index contributed by atoms with van der Waals surface area (Å²) in [6.07, 6.45) is 7.81. The summed E-state index contributed by atoms with van der Waals surface area (Å²) in [5, 5.41) is 12.2. The van der Waals surface area contributed by atoms with Crippen LogP contribution in [0.2, 0.25) is 0 Å². The first kappa shape index (κ1) is 19.5. The number of unbranched alkanes of at least 4 members (excludes halogenated alkanes) is 1. The fourth-order valence-electron chi connectivity index (χ4n) is 2.70. The Labute approximate surface area is 152 Å². The number of piperidine rings is 1. The molecule has 1 aromatic rings. The van der Waals surface area contributed by atoms with Crippen molar-refractivity contribution in [1.82, 2.24) is 20.3 Å². The Morgan fingerprint density at radius 2 is 2.32 bits per heavy atom. The Morgan fingerprint density at radius 3 is 3.08 bits per heavy atom. The van der Waals surface area contributed by atoms with Gasteiger partial charge in [-0.25, -0.2) is 0 Å². The maximum atomic E-state index is 11.3. The van der Waals surface area contributed by atoms with E-state index in [1.165, 1.54) is 11.8 Å². The van der Waals surface area contributed by atoms with Crippen molar-refractivity contribution >= 4 is 28.9 Å². The molecule has 0 spiro atoms. The van der Waals surface area contributed by atoms with Crippen molar-refractivity contribution < 1.29 is 14.3 Å². The van der Waals surface area contributed by atoms with Crippen LogP contribution < -0.4 is 5.32 Å². The number of nitrogens with one attached hydrogen (secondary N) is 1. The molecule has 0 aliphatic carbocycles. The summed E-state index contributed by atoms with van der Waals surface area (Å²) < 4.78 is 6.70. The molecule has 0 radical (unpaired) electrons. The van der Waals surface area contributed by atoms with Crippen LogP contribution in [0.25, 0.3) is 6.08 Å². The van der Waals surface area contributed by atoms with Crippen LogP contribution in [0, 0.1) is 0 Å². The summed E-state index contributed by atoms with van der Waals surface area (Å²) in [6, 6.07) is 0. The summed E-state index contributed by atoms with van der Waals surface area (Å²) in [5.41, 5.74) is 1.90. The van der Waals surface area contributed by atoms with Crippen LogP contribution in [0.3, 0.4) is 0 Å². The van der Waals surface area contributed by atoms with E-state index in [4.69, 9.17) is 4.74 Å². The molecule has 7 nitrogen and oxygen atoms in total. The van der Waals surface area contributed by atoms with Gasteiger partial charge < -0.3 is 10.1 Å². The van der Waals surface area contributed by atoms with Crippen LogP contribution in [0.5, 0.6) is 0 Å². The standard InChI is InChI=1S/C17H26N4O3S/c1-3-24-17(23)6-4-5-9-21-12-15(19-20-21)10-14-11-16(7-8-18-14)25-13(2)22/h10,12,16,18H,3-9,11H2,1-2H3/b14-10+. The Hall–Kier alpha value is -1.83. The zero-order valence-electron chi connectivity index (χ0n) is 14.9. The lowest BCUT2D eigenvalue weighted by Gasteiger charge is -2.24. The van der Waals surface area contributed by atoms with Gasteiger partial charge in [0, 0.05) is 37.4 Å². The number of carbonyl (C=O) groups is 2. The Kier molecular flexibility index (Phi) is 7.97. The van der Waals surface area contributed by atoms with Gasteiger partial charge in [-0.05, 0) is 38.7 Å². The van der Waals surface area contributed by atoms with Crippen molar-refractivity contribution in [2.75, 3.05) is 13.2 Å². The van der Waals surface area contributed by atoms with Gasteiger partial charge in [0.1, 0.15) is 5.69 Å². The number of allylic oxidation sites excluding steroid dienone is 1. The quantitative estimate of drug-likeness (QED) is 0.558. The average molecular weight is 366 g/mol. The molecule has 1 aliphatic rings. The first-order valence-electron chi connectivity index (χ1n) is 8.74. The second-order valence-electron chi connectivity index (χ2n) is 5.99. The topological polar surface area (TPSA) is 86.1 Å². The van der Waals surface area contributed by atoms with E-state index in [1.54, 1.807) is 11.6 Å². The number of ether oxygens (including phenoxy) is 1. The molecule has 1 N–H and O–H groups in total. The molecule has 25 heavy (non-hydrogen) atoms. The minimum absolute atomic E-state index is 0.145. The summed E-state index contributed by atoms with van der Waals surface area (Å²) in [6.45, 7) is 5.46. The van der Waals surface area contributed by atoms with Gasteiger partial charge in [0.25, 0.3) is 0 Å². The predicted octanol–water partition coefficient (Wildman–Crippen LogP) is 2.38. The van der Waals surface area contributed by atoms with Gasteiger partial charge in [-0.1, -0.05) is 17.0 Å². The van der Waals surface area contributed by atoms with E-state index in [0.29, 0.717) is 18.3 Å². The molecule has 2 heterocycles. The molecule has 0 aromatic carbocycles. The molecule has 0 saturated carbocycles. The van der Waals surface area contributed by atoms with E-state index < -0.39 is 0 Å². The van der Waals surface area contributed by atoms with Crippen molar-refractivity contribution in [3.8, 4) is 0 Å². The van der Waals surface area contributed by atoms with E-state index in [9.17, 15) is 9.59 Å². The highest BCUT2D eigenvalue weighted by Crippen LogP contribution is 2.25. The lowest BCUT2D eigenvalue weighted by molar-refractivity contribution is -0.143. The van der Waals surface area contributed by atoms with Gasteiger partial charge in [-0.15, -0.1) is 5.10 Å². The number of rotatable bonds is 8. The van der Waals surface area contributed by atoms with Gasteiger partial charge in [0.2, 0.25) is 0 Å². The Bertz CT molecular complexity index is 615. The molecule has 1 unspecified atom stereocenters. The molecular weight excluding hydrogens is 340 g/mol. The number of hydrogen-bond acceptors (Lipinski definition) is 7. The molecule has 1 aromatic heterocycles. The first-order chi connectivity index (χ1) is 12.1. The summed E-state index contributed by atoms with van der Waals surface area (Å²) in [5.74, 6) is -0.145. The number of hydrogen-bond donors (Lipinski definition) is 1. The molecular formula is C17H26N4O3S. The largest absolute Gasteiger partial charge is 0.466 e. The maximum Gasteiger partial charge on any atom is 0.305 e. The van der Waals surface area contributed by atoms with Gasteiger partial charge >= 0.3 is 5.97 Å². The third kappa shape index (κ3) is 7.29. The molecule has 0 bridgehead atoms. The van der Waals surface area contributed by atoms with Crippen molar-refractivity contribution in [3.63, 3.8) is 0 Å². The molecule has 8 heteroatoms. The summed E-state index contributed by atoms with van der Waals surface area (Å²) in [7, 11) is 0. The fraction of sp³-hybridized carbons (Fsp3) is 0.647. The molecule has 1 fully saturated rings. The smallest absolute Gasteiger partial charge is 0.305 e. The minimum atomic E-state index is -0.145. The van der Waals surface area contributed by atoms with Gasteiger partial charge in [0.15, 0.2) is 5.12 Å². The third-order valence-corrected chi connectivity index (χ3v) is 4.87. The minimum Gasteiger partial charge on any atom is -0.466 e. The zero-order chi connectivity index (χ0) is 18.1. The van der Waals surface area contributed by atoms with E-state index >= 15 is 0 Å². The second kappa shape index (κ2) is 10.2. The van der Waals surface area contributed by atoms with E-state index in [0.717, 1.165) is 50.2 Å². The van der Waals surface area contributed by atoms with Crippen molar-refractivity contribution in [1.29, 1.82) is 0 Å². The number of aromatic nitrogens is 3. The van der Waals surface area contributed by atoms with E-state index in [1.807, 2.05) is 19.2 Å². The molecule has 138 valence electrons. The zero-order valence-corrected chi connectivity index (χ0v) is 15.7. The summed E-state index contributed by atoms with van der Waals surface area (Å²) in [4.78, 5) is 22.5. The molecule has 1 atom stereocenters. The van der Waals surface area contributed by atoms with Crippen LogP contribution in [0.4, 0.5) is 0 Å². The second-order valence-corrected chi connectivity index (χ2v) is 7.47. The lowest BCUT2D eigenvalue weighted by atomic mass is 10.1. The van der Waals surface area contributed by atoms with Gasteiger partial charge in [0.05, 0.1) is 12.8 Å². The lowest BCUT2D eigenvalue weighted by Crippen LogP contribution is -2.28. The molecule has 1 saturated heterocycles. The Balaban J connectivity index is 1.78. The van der Waals surface area contributed by atoms with Crippen LogP contribution in [-0.4, -0.2) is 44.5 Å². The SMILES string of the molecule is CCOC(=O)CCCCn1cc(/C=C2\CC(SC(C)=O)CCN2)nn1. The van der Waals surface area contributed by atoms with Crippen molar-refractivity contribution in [2.24, 2.45) is 0 Å². The van der Waals surface area contributed by atoms with Crippen LogP contribution >= 0.6 is 11.8 Å². The highest BCUT2D eigenvalue weighted by atomic mass is 32.2.